The fourth-order valence-corrected chi connectivity index (χ4v) is 0.538. The monoisotopic (exact) mass is 245 g/mol. The first-order valence-electron chi connectivity index (χ1n) is 2.63. The molecule has 0 saturated carbocycles. The summed E-state index contributed by atoms with van der Waals surface area (Å²) >= 11 is 0. The van der Waals surface area contributed by atoms with Gasteiger partial charge >= 0.3 is 35.1 Å². The Kier molecular flexibility index (Phi) is 4.11. The number of hydrogen-bond acceptors (Lipinski definition) is 0. The van der Waals surface area contributed by atoms with Crippen LogP contribution in [0.5, 0.6) is 5.75 Å². The van der Waals surface area contributed by atoms with Gasteiger partial charge in [0.15, 0.2) is 0 Å². The van der Waals surface area contributed by atoms with E-state index in [-0.39, 0.29) is 35.1 Å². The van der Waals surface area contributed by atoms with Crippen molar-refractivity contribution in [3.63, 3.8) is 0 Å². The zero-order valence-corrected chi connectivity index (χ0v) is 8.71. The van der Waals surface area contributed by atoms with E-state index in [2.05, 4.69) is 0 Å². The third-order valence-electron chi connectivity index (χ3n) is 1.02. The van der Waals surface area contributed by atoms with Gasteiger partial charge in [-0.1, -0.05) is 18.2 Å². The Bertz CT molecular complexity index is 259. The molecular weight excluding hydrogens is 235 g/mol. The summed E-state index contributed by atoms with van der Waals surface area (Å²) in [7, 11) is 0. The molecule has 0 atom stereocenters. The maximum absolute atomic E-state index is 8.89. The summed E-state index contributed by atoms with van der Waals surface area (Å²) in [6.45, 7) is 0. The second-order valence-corrected chi connectivity index (χ2v) is 1.71. The van der Waals surface area contributed by atoms with Gasteiger partial charge in [-0.05, 0) is 0 Å². The topological polar surface area (TPSA) is 44.3 Å². The zero-order valence-electron chi connectivity index (χ0n) is 5.41. The molecule has 0 aliphatic heterocycles. The SMILES string of the molecule is [OH+]=c1cccccc1[OH2+].[SnH]. The van der Waals surface area contributed by atoms with Gasteiger partial charge in [0.2, 0.25) is 0 Å². The molecule has 0 aromatic heterocycles. The molecule has 1 aromatic carbocycles. The molecule has 1 aromatic rings. The Balaban J connectivity index is 0.000000810. The van der Waals surface area contributed by atoms with Crippen LogP contribution < -0.4 is 5.43 Å². The van der Waals surface area contributed by atoms with E-state index in [0.717, 1.165) is 0 Å². The average Bonchev–Trinajstić information content (AvgIpc) is 1.99. The van der Waals surface area contributed by atoms with Crippen LogP contribution in [0, 0.1) is 0 Å². The van der Waals surface area contributed by atoms with E-state index >= 15 is 0 Å². The van der Waals surface area contributed by atoms with Crippen LogP contribution in [0.2, 0.25) is 0 Å². The summed E-state index contributed by atoms with van der Waals surface area (Å²) in [6, 6.07) is 8.19. The van der Waals surface area contributed by atoms with Gasteiger partial charge in [0.25, 0.3) is 0 Å². The van der Waals surface area contributed by atoms with Gasteiger partial charge in [-0.2, -0.15) is 0 Å². The minimum atomic E-state index is 0. The van der Waals surface area contributed by atoms with Gasteiger partial charge in [-0.15, -0.1) is 0 Å². The fraction of sp³-hybridized carbons (Fsp3) is 0. The van der Waals surface area contributed by atoms with Crippen molar-refractivity contribution in [1.29, 1.82) is 0 Å². The molecular formula is C7H9O2Sn+2. The van der Waals surface area contributed by atoms with Gasteiger partial charge in [-0.25, -0.2) is 0 Å². The van der Waals surface area contributed by atoms with Crippen LogP contribution in [0.4, 0.5) is 0 Å². The third kappa shape index (κ3) is 2.39. The molecule has 3 N–H and O–H groups in total. The predicted octanol–water partition coefficient (Wildman–Crippen LogP) is -0.519. The average molecular weight is 244 g/mol. The van der Waals surface area contributed by atoms with Crippen LogP contribution in [0.1, 0.15) is 0 Å². The molecule has 10 heavy (non-hydrogen) atoms. The Morgan fingerprint density at radius 3 is 2.40 bits per heavy atom. The fourth-order valence-electron chi connectivity index (χ4n) is 0.538. The Labute approximate surface area is 75.5 Å². The second-order valence-electron chi connectivity index (χ2n) is 1.71. The molecule has 0 bridgehead atoms. The van der Waals surface area contributed by atoms with Crippen molar-refractivity contribution in [2.45, 2.75) is 0 Å². The Hall–Kier alpha value is -0.511. The maximum atomic E-state index is 8.89. The van der Waals surface area contributed by atoms with Crippen LogP contribution in [-0.2, 0) is 0 Å². The molecule has 0 amide bonds. The van der Waals surface area contributed by atoms with Crippen molar-refractivity contribution < 1.29 is 9.90 Å². The molecule has 0 heterocycles. The molecule has 1 rings (SSSR count). The van der Waals surface area contributed by atoms with Crippen molar-refractivity contribution in [2.24, 2.45) is 0 Å². The quantitative estimate of drug-likeness (QED) is 0.435. The molecule has 0 spiro atoms. The van der Waals surface area contributed by atoms with Crippen molar-refractivity contribution in [2.75, 3.05) is 0 Å². The van der Waals surface area contributed by atoms with Crippen molar-refractivity contribution in [1.82, 2.24) is 0 Å². The van der Waals surface area contributed by atoms with Gasteiger partial charge in [0.1, 0.15) is 0 Å². The van der Waals surface area contributed by atoms with Gasteiger partial charge < -0.3 is 5.11 Å². The molecule has 3 heteroatoms. The summed E-state index contributed by atoms with van der Waals surface area (Å²) in [4.78, 5) is 8.89. The van der Waals surface area contributed by atoms with E-state index in [1.807, 2.05) is 0 Å². The number of hydrogen-bond donors (Lipinski definition) is 0. The summed E-state index contributed by atoms with van der Waals surface area (Å²) in [5, 5.41) is 7.09. The number of rotatable bonds is 0. The summed E-state index contributed by atoms with van der Waals surface area (Å²) in [6.07, 6.45) is 0. The normalized spacial score (nSPS) is 8.00. The summed E-state index contributed by atoms with van der Waals surface area (Å²) < 4.78 is 0. The Morgan fingerprint density at radius 2 is 1.70 bits per heavy atom. The zero-order chi connectivity index (χ0) is 6.69. The molecule has 0 aliphatic carbocycles. The summed E-state index contributed by atoms with van der Waals surface area (Å²) in [5.41, 5.74) is 0.0139. The molecule has 0 unspecified atom stereocenters. The molecule has 51 valence electrons. The van der Waals surface area contributed by atoms with Crippen molar-refractivity contribution in [3.8, 4) is 5.75 Å². The molecule has 0 saturated heterocycles. The van der Waals surface area contributed by atoms with E-state index in [4.69, 9.17) is 9.90 Å². The van der Waals surface area contributed by atoms with E-state index in [0.29, 0.717) is 0 Å². The first-order valence-corrected chi connectivity index (χ1v) is 2.63. The minimum absolute atomic E-state index is 0. The Morgan fingerprint density at radius 1 is 1.10 bits per heavy atom. The molecule has 3 radical (unpaired) electrons. The van der Waals surface area contributed by atoms with E-state index in [1.165, 1.54) is 12.1 Å². The van der Waals surface area contributed by atoms with Crippen LogP contribution >= 0.6 is 0 Å². The summed E-state index contributed by atoms with van der Waals surface area (Å²) in [5.74, 6) is 0.153. The molecule has 0 fully saturated rings. The van der Waals surface area contributed by atoms with Crippen LogP contribution in [0.15, 0.2) is 30.3 Å². The first kappa shape index (κ1) is 9.49. The second kappa shape index (κ2) is 4.33. The van der Waals surface area contributed by atoms with Gasteiger partial charge in [0.05, 0.1) is 6.07 Å². The standard InChI is InChI=1S/C7H6O2.Sn.H/c8-6-4-2-1-3-5-7(6)9;;/h1-5H,(H,8,9);;/p+2. The van der Waals surface area contributed by atoms with E-state index < -0.39 is 0 Å². The van der Waals surface area contributed by atoms with Crippen LogP contribution in [-0.4, -0.2) is 33.8 Å². The van der Waals surface area contributed by atoms with Gasteiger partial charge in [0, 0.05) is 6.07 Å². The van der Waals surface area contributed by atoms with Crippen molar-refractivity contribution in [3.05, 3.63) is 35.8 Å². The van der Waals surface area contributed by atoms with E-state index in [1.54, 1.807) is 18.2 Å². The van der Waals surface area contributed by atoms with Crippen molar-refractivity contribution >= 4 is 23.9 Å². The third-order valence-corrected chi connectivity index (χ3v) is 1.02. The van der Waals surface area contributed by atoms with Crippen LogP contribution in [0.25, 0.3) is 0 Å². The van der Waals surface area contributed by atoms with E-state index in [9.17, 15) is 0 Å². The van der Waals surface area contributed by atoms with Crippen LogP contribution in [0.3, 0.4) is 0 Å². The molecule has 0 aliphatic rings. The first-order chi connectivity index (χ1) is 4.30. The molecule has 2 nitrogen and oxygen atoms in total. The predicted molar refractivity (Wildman–Crippen MR) is 41.7 cm³/mol. The van der Waals surface area contributed by atoms with Gasteiger partial charge in [-0.3, -0.25) is 4.79 Å².